The largest absolute Gasteiger partial charge is 0.494 e. The zero-order chi connectivity index (χ0) is 19.5. The van der Waals surface area contributed by atoms with E-state index in [-0.39, 0.29) is 21.5 Å². The number of nitro benzene ring substituents is 1. The van der Waals surface area contributed by atoms with E-state index in [2.05, 4.69) is 10.5 Å². The summed E-state index contributed by atoms with van der Waals surface area (Å²) in [6.07, 6.45) is -3.44. The smallest absolute Gasteiger partial charge is 0.416 e. The SMILES string of the molecule is COc1c(Cl)cc(/C=N\Nc2ccc(C(F)(F)F)cc2[N+](=O)[O-])cc1Cl. The summed E-state index contributed by atoms with van der Waals surface area (Å²) < 4.78 is 43.0. The van der Waals surface area contributed by atoms with Crippen molar-refractivity contribution in [3.8, 4) is 5.75 Å². The molecule has 0 heterocycles. The first-order chi connectivity index (χ1) is 12.1. The van der Waals surface area contributed by atoms with Crippen LogP contribution >= 0.6 is 23.2 Å². The Labute approximate surface area is 155 Å². The van der Waals surface area contributed by atoms with Gasteiger partial charge in [-0.05, 0) is 29.8 Å². The molecule has 2 rings (SSSR count). The van der Waals surface area contributed by atoms with Gasteiger partial charge in [0.2, 0.25) is 0 Å². The van der Waals surface area contributed by atoms with Crippen molar-refractivity contribution in [1.82, 2.24) is 0 Å². The molecular weight excluding hydrogens is 398 g/mol. The van der Waals surface area contributed by atoms with Gasteiger partial charge in [0.25, 0.3) is 5.69 Å². The number of hydrogen-bond donors (Lipinski definition) is 1. The van der Waals surface area contributed by atoms with Gasteiger partial charge in [0.15, 0.2) is 5.75 Å². The van der Waals surface area contributed by atoms with E-state index in [0.717, 1.165) is 6.07 Å². The van der Waals surface area contributed by atoms with Crippen LogP contribution in [0.15, 0.2) is 35.4 Å². The molecule has 1 N–H and O–H groups in total. The molecule has 0 radical (unpaired) electrons. The van der Waals surface area contributed by atoms with Crippen LogP contribution in [0.3, 0.4) is 0 Å². The molecule has 0 aliphatic carbocycles. The summed E-state index contributed by atoms with van der Waals surface area (Å²) in [5, 5.41) is 15.2. The van der Waals surface area contributed by atoms with Crippen LogP contribution in [-0.2, 0) is 6.18 Å². The molecule has 0 amide bonds. The van der Waals surface area contributed by atoms with E-state index in [1.165, 1.54) is 25.5 Å². The predicted molar refractivity (Wildman–Crippen MR) is 92.3 cm³/mol. The topological polar surface area (TPSA) is 76.8 Å². The Morgan fingerprint density at radius 3 is 2.35 bits per heavy atom. The van der Waals surface area contributed by atoms with Crippen molar-refractivity contribution in [2.45, 2.75) is 6.18 Å². The van der Waals surface area contributed by atoms with Gasteiger partial charge >= 0.3 is 6.18 Å². The molecule has 0 spiro atoms. The minimum Gasteiger partial charge on any atom is -0.494 e. The van der Waals surface area contributed by atoms with E-state index in [4.69, 9.17) is 27.9 Å². The molecule has 0 fully saturated rings. The Morgan fingerprint density at radius 2 is 1.85 bits per heavy atom. The van der Waals surface area contributed by atoms with Gasteiger partial charge in [-0.2, -0.15) is 18.3 Å². The maximum atomic E-state index is 12.7. The monoisotopic (exact) mass is 407 g/mol. The minimum atomic E-state index is -4.69. The maximum Gasteiger partial charge on any atom is 0.416 e. The second kappa shape index (κ2) is 7.79. The van der Waals surface area contributed by atoms with Crippen LogP contribution in [0.4, 0.5) is 24.5 Å². The summed E-state index contributed by atoms with van der Waals surface area (Å²) in [6, 6.07) is 5.04. The van der Waals surface area contributed by atoms with Gasteiger partial charge in [0.05, 0.1) is 33.9 Å². The third-order valence-electron chi connectivity index (χ3n) is 3.15. The number of methoxy groups -OCH3 is 1. The van der Waals surface area contributed by atoms with Crippen molar-refractivity contribution >= 4 is 40.8 Å². The second-order valence-corrected chi connectivity index (χ2v) is 5.69. The van der Waals surface area contributed by atoms with Gasteiger partial charge in [0.1, 0.15) is 5.69 Å². The summed E-state index contributed by atoms with van der Waals surface area (Å²) in [7, 11) is 1.39. The van der Waals surface area contributed by atoms with Crippen molar-refractivity contribution in [2.24, 2.45) is 5.10 Å². The van der Waals surface area contributed by atoms with Crippen LogP contribution in [0.1, 0.15) is 11.1 Å². The first-order valence-electron chi connectivity index (χ1n) is 6.81. The lowest BCUT2D eigenvalue weighted by atomic mass is 10.1. The van der Waals surface area contributed by atoms with E-state index in [0.29, 0.717) is 17.7 Å². The molecule has 0 bridgehead atoms. The number of benzene rings is 2. The Bertz CT molecular complexity index is 850. The van der Waals surface area contributed by atoms with Crippen molar-refractivity contribution < 1.29 is 22.8 Å². The van der Waals surface area contributed by atoms with Crippen molar-refractivity contribution in [3.05, 3.63) is 61.6 Å². The number of anilines is 1. The maximum absolute atomic E-state index is 12.7. The van der Waals surface area contributed by atoms with Gasteiger partial charge in [-0.1, -0.05) is 23.2 Å². The van der Waals surface area contributed by atoms with E-state index in [1.54, 1.807) is 0 Å². The fraction of sp³-hybridized carbons (Fsp3) is 0.133. The van der Waals surface area contributed by atoms with Crippen molar-refractivity contribution in [3.63, 3.8) is 0 Å². The predicted octanol–water partition coefficient (Wildman–Crippen LogP) is 5.38. The average Bonchev–Trinajstić information content (AvgIpc) is 2.53. The van der Waals surface area contributed by atoms with Gasteiger partial charge in [-0.25, -0.2) is 0 Å². The fourth-order valence-electron chi connectivity index (χ4n) is 1.98. The molecule has 0 unspecified atom stereocenters. The number of hydrazone groups is 1. The Kier molecular flexibility index (Phi) is 5.94. The zero-order valence-corrected chi connectivity index (χ0v) is 14.5. The summed E-state index contributed by atoms with van der Waals surface area (Å²) in [6.45, 7) is 0. The number of alkyl halides is 3. The molecule has 6 nitrogen and oxygen atoms in total. The number of nitrogens with one attached hydrogen (secondary N) is 1. The van der Waals surface area contributed by atoms with Crippen molar-refractivity contribution in [1.29, 1.82) is 0 Å². The zero-order valence-electron chi connectivity index (χ0n) is 13.0. The minimum absolute atomic E-state index is 0.204. The molecule has 0 saturated heterocycles. The molecule has 0 aliphatic heterocycles. The van der Waals surface area contributed by atoms with E-state index in [1.807, 2.05) is 0 Å². The van der Waals surface area contributed by atoms with Crippen LogP contribution in [0.25, 0.3) is 0 Å². The number of nitro groups is 1. The molecule has 2 aromatic rings. The molecule has 0 aliphatic rings. The molecule has 0 saturated carbocycles. The molecule has 2 aromatic carbocycles. The summed E-state index contributed by atoms with van der Waals surface area (Å²) in [5.41, 5.74) is 0.682. The van der Waals surface area contributed by atoms with Gasteiger partial charge < -0.3 is 4.74 Å². The second-order valence-electron chi connectivity index (χ2n) is 4.87. The van der Waals surface area contributed by atoms with Crippen LogP contribution in [0.5, 0.6) is 5.75 Å². The molecule has 0 aromatic heterocycles. The third-order valence-corrected chi connectivity index (χ3v) is 3.71. The lowest BCUT2D eigenvalue weighted by molar-refractivity contribution is -0.384. The Hall–Kier alpha value is -2.52. The van der Waals surface area contributed by atoms with Crippen molar-refractivity contribution in [2.75, 3.05) is 12.5 Å². The van der Waals surface area contributed by atoms with E-state index in [9.17, 15) is 23.3 Å². The number of nitrogens with zero attached hydrogens (tertiary/aromatic N) is 2. The number of ether oxygens (including phenoxy) is 1. The molecule has 138 valence electrons. The quantitative estimate of drug-likeness (QED) is 0.410. The average molecular weight is 408 g/mol. The van der Waals surface area contributed by atoms with Crippen LogP contribution < -0.4 is 10.2 Å². The third kappa shape index (κ3) is 4.55. The van der Waals surface area contributed by atoms with Crippen LogP contribution in [0, 0.1) is 10.1 Å². The first kappa shape index (κ1) is 19.8. The highest BCUT2D eigenvalue weighted by Gasteiger charge is 2.33. The Balaban J connectivity index is 2.26. The lowest BCUT2D eigenvalue weighted by Gasteiger charge is -2.08. The van der Waals surface area contributed by atoms with Gasteiger partial charge in [-0.3, -0.25) is 15.5 Å². The van der Waals surface area contributed by atoms with E-state index >= 15 is 0 Å². The standard InChI is InChI=1S/C15H10Cl2F3N3O3/c1-26-14-10(16)4-8(5-11(14)17)7-21-22-12-3-2-9(15(18,19)20)6-13(12)23(24)25/h2-7,22H,1H3/b21-7-. The first-order valence-corrected chi connectivity index (χ1v) is 7.57. The molecule has 11 heteroatoms. The lowest BCUT2D eigenvalue weighted by Crippen LogP contribution is -2.06. The number of hydrogen-bond acceptors (Lipinski definition) is 5. The van der Waals surface area contributed by atoms with Crippen LogP contribution in [0.2, 0.25) is 10.0 Å². The van der Waals surface area contributed by atoms with Gasteiger partial charge in [-0.15, -0.1) is 0 Å². The summed E-state index contributed by atoms with van der Waals surface area (Å²) >= 11 is 11.9. The fourth-order valence-corrected chi connectivity index (χ4v) is 2.64. The normalized spacial score (nSPS) is 11.6. The van der Waals surface area contributed by atoms with Gasteiger partial charge in [0, 0.05) is 6.07 Å². The highest BCUT2D eigenvalue weighted by molar-refractivity contribution is 6.37. The molecular formula is C15H10Cl2F3N3O3. The van der Waals surface area contributed by atoms with Crippen LogP contribution in [-0.4, -0.2) is 18.2 Å². The number of halogens is 5. The molecule has 26 heavy (non-hydrogen) atoms. The Morgan fingerprint density at radius 1 is 1.23 bits per heavy atom. The number of rotatable bonds is 5. The summed E-state index contributed by atoms with van der Waals surface area (Å²) in [4.78, 5) is 10.1. The molecule has 0 atom stereocenters. The summed E-state index contributed by atoms with van der Waals surface area (Å²) in [5.74, 6) is 0.275. The van der Waals surface area contributed by atoms with E-state index < -0.39 is 22.4 Å². The highest BCUT2D eigenvalue weighted by atomic mass is 35.5. The highest BCUT2D eigenvalue weighted by Crippen LogP contribution is 2.35.